The van der Waals surface area contributed by atoms with E-state index in [1.807, 2.05) is 0 Å². The first-order valence-corrected chi connectivity index (χ1v) is 5.78. The first-order valence-electron chi connectivity index (χ1n) is 5.02. The molecule has 0 spiro atoms. The summed E-state index contributed by atoms with van der Waals surface area (Å²) in [5.74, 6) is -2.92. The van der Waals surface area contributed by atoms with Crippen LogP contribution in [0, 0.1) is 22.0 Å². The molecule has 0 bridgehead atoms. The van der Waals surface area contributed by atoms with Crippen LogP contribution >= 0.6 is 23.2 Å². The Balaban J connectivity index is 2.37. The predicted molar refractivity (Wildman–Crippen MR) is 67.3 cm³/mol. The summed E-state index contributed by atoms with van der Waals surface area (Å²) in [5.41, 5.74) is -0.165. The minimum atomic E-state index is -1.27. The summed E-state index contributed by atoms with van der Waals surface area (Å²) in [6.45, 7) is 0. The molecule has 20 heavy (non-hydrogen) atoms. The Kier molecular flexibility index (Phi) is 4.01. The summed E-state index contributed by atoms with van der Waals surface area (Å²) in [7, 11) is 0. The Labute approximate surface area is 120 Å². The molecule has 0 saturated heterocycles. The van der Waals surface area contributed by atoms with Gasteiger partial charge in [-0.25, -0.2) is 0 Å². The first kappa shape index (κ1) is 14.4. The minimum Gasteiger partial charge on any atom is -0.454 e. The normalized spacial score (nSPS) is 10.4. The van der Waals surface area contributed by atoms with Crippen LogP contribution in [0.4, 0.5) is 14.5 Å². The van der Waals surface area contributed by atoms with E-state index >= 15 is 0 Å². The van der Waals surface area contributed by atoms with Crippen LogP contribution in [0.15, 0.2) is 24.3 Å². The maximum absolute atomic E-state index is 13.2. The lowest BCUT2D eigenvalue weighted by atomic mass is 10.3. The number of hydrogen-bond donors (Lipinski definition) is 0. The molecule has 1 aromatic carbocycles. The van der Waals surface area contributed by atoms with E-state index in [1.165, 1.54) is 12.1 Å². The molecular formula is C11H4Cl2F2N2O3. The summed E-state index contributed by atoms with van der Waals surface area (Å²) in [4.78, 5) is 12.7. The van der Waals surface area contributed by atoms with Crippen molar-refractivity contribution in [1.82, 2.24) is 4.98 Å². The molecule has 1 aromatic heterocycles. The molecule has 0 aliphatic rings. The van der Waals surface area contributed by atoms with Crippen molar-refractivity contribution in [2.24, 2.45) is 0 Å². The quantitative estimate of drug-likeness (QED) is 0.478. The number of aromatic nitrogens is 1. The molecule has 0 atom stereocenters. The van der Waals surface area contributed by atoms with E-state index in [0.29, 0.717) is 0 Å². The highest BCUT2D eigenvalue weighted by molar-refractivity contribution is 6.37. The second-order valence-corrected chi connectivity index (χ2v) is 4.26. The molecule has 0 N–H and O–H groups in total. The van der Waals surface area contributed by atoms with Crippen molar-refractivity contribution in [2.45, 2.75) is 0 Å². The van der Waals surface area contributed by atoms with Crippen LogP contribution in [-0.2, 0) is 0 Å². The molecule has 2 rings (SSSR count). The molecule has 0 unspecified atom stereocenters. The largest absolute Gasteiger partial charge is 0.454 e. The van der Waals surface area contributed by atoms with Crippen molar-refractivity contribution in [2.75, 3.05) is 0 Å². The fraction of sp³-hybridized carbons (Fsp3) is 0. The zero-order chi connectivity index (χ0) is 14.9. The second-order valence-electron chi connectivity index (χ2n) is 3.50. The van der Waals surface area contributed by atoms with Crippen molar-refractivity contribution in [3.05, 3.63) is 56.3 Å². The maximum atomic E-state index is 13.2. The van der Waals surface area contributed by atoms with Crippen LogP contribution in [0.3, 0.4) is 0 Å². The molecule has 0 aliphatic heterocycles. The van der Waals surface area contributed by atoms with Crippen LogP contribution in [0.1, 0.15) is 0 Å². The summed E-state index contributed by atoms with van der Waals surface area (Å²) in [6, 6.07) is 4.79. The summed E-state index contributed by atoms with van der Waals surface area (Å²) >= 11 is 11.2. The zero-order valence-corrected chi connectivity index (χ0v) is 11.0. The molecule has 2 aromatic rings. The van der Waals surface area contributed by atoms with Crippen LogP contribution in [-0.4, -0.2) is 9.91 Å². The lowest BCUT2D eigenvalue weighted by Gasteiger charge is -2.09. The van der Waals surface area contributed by atoms with Gasteiger partial charge in [0, 0.05) is 12.1 Å². The number of nitro benzene ring substituents is 1. The van der Waals surface area contributed by atoms with Crippen molar-refractivity contribution in [3.63, 3.8) is 0 Å². The van der Waals surface area contributed by atoms with Gasteiger partial charge in [0.25, 0.3) is 5.69 Å². The number of nitrogens with zero attached hydrogens (tertiary/aromatic N) is 2. The van der Waals surface area contributed by atoms with E-state index in [4.69, 9.17) is 27.9 Å². The summed E-state index contributed by atoms with van der Waals surface area (Å²) < 4.78 is 31.5. The number of pyridine rings is 1. The lowest BCUT2D eigenvalue weighted by Crippen LogP contribution is -1.96. The van der Waals surface area contributed by atoms with Crippen LogP contribution in [0.2, 0.25) is 10.0 Å². The molecule has 9 heteroatoms. The first-order chi connectivity index (χ1) is 9.40. The lowest BCUT2D eigenvalue weighted by molar-refractivity contribution is -0.384. The van der Waals surface area contributed by atoms with E-state index in [1.54, 1.807) is 0 Å². The summed E-state index contributed by atoms with van der Waals surface area (Å²) in [6.07, 6.45) is 0. The average molecular weight is 321 g/mol. The highest BCUT2D eigenvalue weighted by Gasteiger charge is 2.20. The number of benzene rings is 1. The zero-order valence-electron chi connectivity index (χ0n) is 9.44. The fourth-order valence-corrected chi connectivity index (χ4v) is 1.71. The summed E-state index contributed by atoms with van der Waals surface area (Å²) in [5, 5.41) is 9.31. The van der Waals surface area contributed by atoms with Gasteiger partial charge in [0.2, 0.25) is 11.9 Å². The van der Waals surface area contributed by atoms with Gasteiger partial charge >= 0.3 is 0 Å². The van der Waals surface area contributed by atoms with Gasteiger partial charge in [-0.2, -0.15) is 13.8 Å². The third kappa shape index (κ3) is 2.78. The smallest absolute Gasteiger partial charge is 0.269 e. The Bertz CT molecular complexity index is 654. The highest BCUT2D eigenvalue weighted by Crippen LogP contribution is 2.38. The molecule has 5 nitrogen and oxygen atoms in total. The van der Waals surface area contributed by atoms with Gasteiger partial charge in [-0.1, -0.05) is 23.2 Å². The molecule has 104 valence electrons. The van der Waals surface area contributed by atoms with Gasteiger partial charge in [-0.3, -0.25) is 10.1 Å². The van der Waals surface area contributed by atoms with Gasteiger partial charge in [0.1, 0.15) is 15.8 Å². The van der Waals surface area contributed by atoms with Crippen LogP contribution < -0.4 is 4.74 Å². The maximum Gasteiger partial charge on any atom is 0.269 e. The Morgan fingerprint density at radius 2 is 1.60 bits per heavy atom. The highest BCUT2D eigenvalue weighted by atomic mass is 35.5. The van der Waals surface area contributed by atoms with E-state index in [9.17, 15) is 18.9 Å². The molecule has 0 aliphatic carbocycles. The van der Waals surface area contributed by atoms with E-state index in [2.05, 4.69) is 4.98 Å². The van der Waals surface area contributed by atoms with Crippen molar-refractivity contribution < 1.29 is 18.4 Å². The topological polar surface area (TPSA) is 65.3 Å². The number of rotatable bonds is 3. The third-order valence-corrected chi connectivity index (χ3v) is 2.88. The van der Waals surface area contributed by atoms with Crippen LogP contribution in [0.25, 0.3) is 0 Å². The number of hydrogen-bond acceptors (Lipinski definition) is 4. The van der Waals surface area contributed by atoms with Gasteiger partial charge in [-0.15, -0.1) is 0 Å². The van der Waals surface area contributed by atoms with E-state index in [-0.39, 0.29) is 11.4 Å². The van der Waals surface area contributed by atoms with Gasteiger partial charge in [-0.05, 0) is 12.1 Å². The molecule has 0 saturated carbocycles. The van der Waals surface area contributed by atoms with Gasteiger partial charge < -0.3 is 4.74 Å². The third-order valence-electron chi connectivity index (χ3n) is 2.22. The molecular weight excluding hydrogens is 317 g/mol. The SMILES string of the molecule is O=[N+]([O-])c1ccc(Oc2c(Cl)c(F)nc(F)c2Cl)cc1. The fourth-order valence-electron chi connectivity index (χ4n) is 1.31. The van der Waals surface area contributed by atoms with Crippen molar-refractivity contribution in [3.8, 4) is 11.5 Å². The molecule has 0 fully saturated rings. The van der Waals surface area contributed by atoms with Crippen molar-refractivity contribution >= 4 is 28.9 Å². The van der Waals surface area contributed by atoms with Crippen molar-refractivity contribution in [1.29, 1.82) is 0 Å². The predicted octanol–water partition coefficient (Wildman–Crippen LogP) is 4.37. The van der Waals surface area contributed by atoms with E-state index < -0.39 is 32.6 Å². The average Bonchev–Trinajstić information content (AvgIpc) is 2.42. The van der Waals surface area contributed by atoms with Gasteiger partial charge in [0.15, 0.2) is 5.75 Å². The van der Waals surface area contributed by atoms with Gasteiger partial charge in [0.05, 0.1) is 4.92 Å². The standard InChI is InChI=1S/C11H4Cl2F2N2O3/c12-7-9(8(13)11(15)16-10(7)14)20-6-3-1-5(2-4-6)17(18)19/h1-4H. The monoisotopic (exact) mass is 320 g/mol. The Morgan fingerprint density at radius 1 is 1.10 bits per heavy atom. The number of non-ortho nitro benzene ring substituents is 1. The Morgan fingerprint density at radius 3 is 2.05 bits per heavy atom. The molecule has 1 heterocycles. The van der Waals surface area contributed by atoms with Crippen LogP contribution in [0.5, 0.6) is 11.5 Å². The molecule has 0 radical (unpaired) electrons. The number of halogens is 4. The number of nitro groups is 1. The second kappa shape index (κ2) is 5.56. The minimum absolute atomic E-state index is 0.0735. The molecule has 0 amide bonds. The Hall–Kier alpha value is -1.99. The van der Waals surface area contributed by atoms with E-state index in [0.717, 1.165) is 12.1 Å². The number of ether oxygens (including phenoxy) is 1.